The monoisotopic (exact) mass is 365 g/mol. The average Bonchev–Trinajstić information content (AvgIpc) is 3.27. The second kappa shape index (κ2) is 5.87. The number of benzene rings is 2. The molecule has 1 saturated carbocycles. The summed E-state index contributed by atoms with van der Waals surface area (Å²) >= 11 is 3.34. The molecule has 3 rings (SSSR count). The van der Waals surface area contributed by atoms with Crippen molar-refractivity contribution in [3.8, 4) is 6.07 Å². The summed E-state index contributed by atoms with van der Waals surface area (Å²) in [6, 6.07) is 18.5. The molecule has 0 spiro atoms. The maximum atomic E-state index is 12.6. The van der Waals surface area contributed by atoms with Crippen LogP contribution >= 0.6 is 15.9 Å². The summed E-state index contributed by atoms with van der Waals surface area (Å²) in [5.41, 5.74) is 0.190. The Bertz CT molecular complexity index is 804. The first kappa shape index (κ1) is 15.3. The smallest absolute Gasteiger partial charge is 0.326 e. The predicted molar refractivity (Wildman–Crippen MR) is 90.4 cm³/mol. The zero-order valence-corrected chi connectivity index (χ0v) is 13.6. The topological polar surface area (TPSA) is 57.2 Å². The Kier molecular flexibility index (Phi) is 3.90. The van der Waals surface area contributed by atoms with Gasteiger partial charge in [0.05, 0.1) is 5.92 Å². The lowest BCUT2D eigenvalue weighted by atomic mass is 10.1. The average molecular weight is 366 g/mol. The highest BCUT2D eigenvalue weighted by molar-refractivity contribution is 9.10. The fourth-order valence-electron chi connectivity index (χ4n) is 2.89. The Hall–Kier alpha value is -2.63. The third kappa shape index (κ3) is 2.60. The molecule has 1 amide bonds. The maximum absolute atomic E-state index is 12.6. The molecule has 1 N–H and O–H groups in total. The molecule has 112 valence electrons. The fraction of sp³-hybridized carbons (Fsp3) is 0.167. The molecular formula is C18H12BrN3O. The minimum Gasteiger partial charge on any atom is -0.326 e. The van der Waals surface area contributed by atoms with E-state index in [1.54, 1.807) is 12.1 Å². The molecule has 2 aromatic rings. The largest absolute Gasteiger partial charge is 0.335 e. The molecule has 0 aliphatic heterocycles. The summed E-state index contributed by atoms with van der Waals surface area (Å²) in [4.78, 5) is 16.0. The highest BCUT2D eigenvalue weighted by Crippen LogP contribution is 2.60. The molecular weight excluding hydrogens is 354 g/mol. The molecule has 5 heteroatoms. The highest BCUT2D eigenvalue weighted by Gasteiger charge is 2.78. The summed E-state index contributed by atoms with van der Waals surface area (Å²) in [7, 11) is 0. The first-order valence-electron chi connectivity index (χ1n) is 7.03. The molecule has 1 aliphatic rings. The summed E-state index contributed by atoms with van der Waals surface area (Å²) in [5.74, 6) is -1.34. The van der Waals surface area contributed by atoms with Gasteiger partial charge in [-0.1, -0.05) is 46.3 Å². The van der Waals surface area contributed by atoms with Crippen molar-refractivity contribution >= 4 is 27.5 Å². The number of amides is 1. The van der Waals surface area contributed by atoms with Crippen LogP contribution in [0.1, 0.15) is 11.5 Å². The van der Waals surface area contributed by atoms with E-state index in [2.05, 4.69) is 32.2 Å². The summed E-state index contributed by atoms with van der Waals surface area (Å²) < 4.78 is 0.914. The highest BCUT2D eigenvalue weighted by atomic mass is 79.9. The van der Waals surface area contributed by atoms with Crippen LogP contribution in [0, 0.1) is 23.8 Å². The number of carbonyl (C=O) groups is 1. The molecule has 0 aromatic heterocycles. The molecule has 3 atom stereocenters. The van der Waals surface area contributed by atoms with Gasteiger partial charge in [-0.3, -0.25) is 9.64 Å². The molecule has 2 aromatic carbocycles. The molecule has 0 saturated heterocycles. The quantitative estimate of drug-likeness (QED) is 0.836. The van der Waals surface area contributed by atoms with Crippen LogP contribution in [-0.2, 0) is 4.79 Å². The van der Waals surface area contributed by atoms with Gasteiger partial charge in [0.2, 0.25) is 5.91 Å². The number of rotatable bonds is 3. The van der Waals surface area contributed by atoms with Crippen molar-refractivity contribution in [3.05, 3.63) is 76.1 Å². The van der Waals surface area contributed by atoms with Gasteiger partial charge in [-0.15, -0.1) is 0 Å². The van der Waals surface area contributed by atoms with Gasteiger partial charge in [-0.25, -0.2) is 6.57 Å². The van der Waals surface area contributed by atoms with Crippen LogP contribution in [0.4, 0.5) is 5.69 Å². The minimum atomic E-state index is -1.30. The number of hydrogen-bond acceptors (Lipinski definition) is 2. The van der Waals surface area contributed by atoms with E-state index >= 15 is 0 Å². The van der Waals surface area contributed by atoms with E-state index < -0.39 is 11.5 Å². The van der Waals surface area contributed by atoms with Gasteiger partial charge in [-0.2, -0.15) is 5.26 Å². The van der Waals surface area contributed by atoms with Crippen molar-refractivity contribution < 1.29 is 4.79 Å². The van der Waals surface area contributed by atoms with E-state index in [0.29, 0.717) is 5.69 Å². The van der Waals surface area contributed by atoms with Crippen molar-refractivity contribution in [2.45, 2.75) is 11.5 Å². The van der Waals surface area contributed by atoms with E-state index in [-0.39, 0.29) is 11.8 Å². The van der Waals surface area contributed by atoms with Crippen LogP contribution in [0.15, 0.2) is 59.1 Å². The molecule has 0 radical (unpaired) electrons. The molecule has 3 unspecified atom stereocenters. The Balaban J connectivity index is 1.86. The Labute approximate surface area is 142 Å². The molecule has 4 nitrogen and oxygen atoms in total. The number of hydrogen-bond donors (Lipinski definition) is 1. The standard InChI is InChI=1S/C18H12BrN3O/c1-21-18(11-20)15(12-5-3-2-4-6-12)16(18)17(23)22-14-9-7-13(19)8-10-14/h2-10,15-16H,(H,22,23). The van der Waals surface area contributed by atoms with E-state index in [1.807, 2.05) is 42.5 Å². The second-order valence-electron chi connectivity index (χ2n) is 5.41. The second-order valence-corrected chi connectivity index (χ2v) is 6.33. The van der Waals surface area contributed by atoms with E-state index in [0.717, 1.165) is 10.0 Å². The lowest BCUT2D eigenvalue weighted by Gasteiger charge is -2.03. The lowest BCUT2D eigenvalue weighted by Crippen LogP contribution is -2.19. The predicted octanol–water partition coefficient (Wildman–Crippen LogP) is 3.98. The van der Waals surface area contributed by atoms with Crippen LogP contribution in [0.25, 0.3) is 4.85 Å². The van der Waals surface area contributed by atoms with Gasteiger partial charge in [0.1, 0.15) is 5.92 Å². The van der Waals surface area contributed by atoms with Gasteiger partial charge in [0, 0.05) is 10.2 Å². The fourth-order valence-corrected chi connectivity index (χ4v) is 3.15. The number of nitriles is 1. The first-order chi connectivity index (χ1) is 11.1. The van der Waals surface area contributed by atoms with Crippen LogP contribution in [0.3, 0.4) is 0 Å². The van der Waals surface area contributed by atoms with Gasteiger partial charge in [0.15, 0.2) is 6.07 Å². The zero-order valence-electron chi connectivity index (χ0n) is 12.0. The third-order valence-electron chi connectivity index (χ3n) is 4.09. The number of anilines is 1. The Morgan fingerprint density at radius 1 is 1.22 bits per heavy atom. The zero-order chi connectivity index (χ0) is 16.4. The van der Waals surface area contributed by atoms with Crippen LogP contribution < -0.4 is 5.32 Å². The van der Waals surface area contributed by atoms with Gasteiger partial charge < -0.3 is 5.32 Å². The van der Waals surface area contributed by atoms with Crippen LogP contribution in [-0.4, -0.2) is 11.4 Å². The van der Waals surface area contributed by atoms with Crippen molar-refractivity contribution in [1.29, 1.82) is 5.26 Å². The Morgan fingerprint density at radius 2 is 1.87 bits per heavy atom. The molecule has 0 bridgehead atoms. The van der Waals surface area contributed by atoms with Crippen molar-refractivity contribution in [1.82, 2.24) is 0 Å². The summed E-state index contributed by atoms with van der Waals surface area (Å²) in [6.07, 6.45) is 0. The summed E-state index contributed by atoms with van der Waals surface area (Å²) in [5, 5.41) is 12.3. The molecule has 23 heavy (non-hydrogen) atoms. The van der Waals surface area contributed by atoms with Crippen molar-refractivity contribution in [2.75, 3.05) is 5.32 Å². The third-order valence-corrected chi connectivity index (χ3v) is 4.62. The van der Waals surface area contributed by atoms with Gasteiger partial charge >= 0.3 is 5.54 Å². The number of nitrogens with one attached hydrogen (secondary N) is 1. The molecule has 1 fully saturated rings. The van der Waals surface area contributed by atoms with Crippen molar-refractivity contribution in [2.24, 2.45) is 5.92 Å². The van der Waals surface area contributed by atoms with Crippen molar-refractivity contribution in [3.63, 3.8) is 0 Å². The number of halogens is 1. The minimum absolute atomic E-state index is 0.293. The number of carbonyl (C=O) groups excluding carboxylic acids is 1. The normalized spacial score (nSPS) is 25.0. The molecule has 1 aliphatic carbocycles. The summed E-state index contributed by atoms with van der Waals surface area (Å²) in [6.45, 7) is 7.40. The van der Waals surface area contributed by atoms with E-state index in [1.165, 1.54) is 0 Å². The van der Waals surface area contributed by atoms with Gasteiger partial charge in [-0.05, 0) is 29.8 Å². The lowest BCUT2D eigenvalue weighted by molar-refractivity contribution is -0.117. The molecule has 0 heterocycles. The van der Waals surface area contributed by atoms with Gasteiger partial charge in [0.25, 0.3) is 0 Å². The van der Waals surface area contributed by atoms with E-state index in [4.69, 9.17) is 6.57 Å². The van der Waals surface area contributed by atoms with E-state index in [9.17, 15) is 10.1 Å². The SMILES string of the molecule is [C-]#[N+]C1(C#N)C(C(=O)Nc2ccc(Br)cc2)C1c1ccccc1. The first-order valence-corrected chi connectivity index (χ1v) is 7.83. The van der Waals surface area contributed by atoms with Crippen LogP contribution in [0.2, 0.25) is 0 Å². The van der Waals surface area contributed by atoms with Crippen LogP contribution in [0.5, 0.6) is 0 Å². The Morgan fingerprint density at radius 3 is 2.43 bits per heavy atom. The number of nitrogens with zero attached hydrogens (tertiary/aromatic N) is 2. The maximum Gasteiger partial charge on any atom is 0.335 e.